The maximum atomic E-state index is 12.2. The van der Waals surface area contributed by atoms with Crippen LogP contribution in [0.15, 0.2) is 48.5 Å². The number of amides is 1. The number of phenols is 1. The highest BCUT2D eigenvalue weighted by Crippen LogP contribution is 2.16. The number of rotatable bonds is 3. The van der Waals surface area contributed by atoms with E-state index in [0.29, 0.717) is 5.56 Å². The Balaban J connectivity index is 2.10. The molecule has 0 fully saturated rings. The number of likely N-dealkylation sites (N-methyl/N-ethyl adjacent to an activating group) is 1. The smallest absolute Gasteiger partial charge is 0.231 e. The van der Waals surface area contributed by atoms with E-state index in [1.54, 1.807) is 55.6 Å². The van der Waals surface area contributed by atoms with Crippen molar-refractivity contribution in [2.45, 2.75) is 6.42 Å². The molecule has 100 valence electrons. The van der Waals surface area contributed by atoms with Gasteiger partial charge in [-0.25, -0.2) is 0 Å². The molecule has 4 heteroatoms. The molecule has 0 aliphatic carbocycles. The van der Waals surface area contributed by atoms with Crippen LogP contribution in [0.4, 0.5) is 5.69 Å². The summed E-state index contributed by atoms with van der Waals surface area (Å²) in [5.74, 6) is 0.0663. The average molecular weight is 266 g/mol. The van der Waals surface area contributed by atoms with Gasteiger partial charge in [0.1, 0.15) is 5.75 Å². The maximum absolute atomic E-state index is 12.2. The van der Waals surface area contributed by atoms with Crippen LogP contribution in [0.3, 0.4) is 0 Å². The Labute approximate surface area is 117 Å². The molecule has 0 aliphatic heterocycles. The third-order valence-corrected chi connectivity index (χ3v) is 3.02. The molecule has 0 unspecified atom stereocenters. The Morgan fingerprint density at radius 1 is 1.25 bits per heavy atom. The highest BCUT2D eigenvalue weighted by atomic mass is 16.3. The van der Waals surface area contributed by atoms with Crippen LogP contribution in [-0.4, -0.2) is 18.1 Å². The van der Waals surface area contributed by atoms with E-state index in [9.17, 15) is 9.90 Å². The molecule has 0 saturated carbocycles. The van der Waals surface area contributed by atoms with E-state index in [0.717, 1.165) is 11.3 Å². The summed E-state index contributed by atoms with van der Waals surface area (Å²) in [6, 6.07) is 15.5. The minimum Gasteiger partial charge on any atom is -0.508 e. The molecule has 0 aromatic heterocycles. The summed E-state index contributed by atoms with van der Waals surface area (Å²) in [6.45, 7) is 0. The lowest BCUT2D eigenvalue weighted by Gasteiger charge is -2.17. The Hall–Kier alpha value is -2.80. The lowest BCUT2D eigenvalue weighted by atomic mass is 10.1. The van der Waals surface area contributed by atoms with Gasteiger partial charge in [-0.15, -0.1) is 0 Å². The first-order valence-electron chi connectivity index (χ1n) is 6.15. The molecular formula is C16H14N2O2. The molecule has 0 spiro atoms. The molecule has 0 atom stereocenters. The number of hydrogen-bond donors (Lipinski definition) is 1. The SMILES string of the molecule is CN(C(=O)Cc1cccc(O)c1)c1ccc(C#N)cc1. The van der Waals surface area contributed by atoms with Crippen LogP contribution in [0.2, 0.25) is 0 Å². The van der Waals surface area contributed by atoms with E-state index < -0.39 is 0 Å². The number of nitrogens with zero attached hydrogens (tertiary/aromatic N) is 2. The Kier molecular flexibility index (Phi) is 4.02. The van der Waals surface area contributed by atoms with Crippen LogP contribution < -0.4 is 4.90 Å². The Bertz CT molecular complexity index is 657. The van der Waals surface area contributed by atoms with E-state index in [4.69, 9.17) is 5.26 Å². The van der Waals surface area contributed by atoms with Crippen molar-refractivity contribution >= 4 is 11.6 Å². The zero-order chi connectivity index (χ0) is 14.5. The predicted octanol–water partition coefficient (Wildman–Crippen LogP) is 2.47. The van der Waals surface area contributed by atoms with Crippen molar-refractivity contribution in [3.8, 4) is 11.8 Å². The van der Waals surface area contributed by atoms with E-state index in [-0.39, 0.29) is 18.1 Å². The summed E-state index contributed by atoms with van der Waals surface area (Å²) in [5.41, 5.74) is 2.05. The van der Waals surface area contributed by atoms with E-state index in [1.165, 1.54) is 4.90 Å². The number of hydrogen-bond acceptors (Lipinski definition) is 3. The third kappa shape index (κ3) is 3.15. The summed E-state index contributed by atoms with van der Waals surface area (Å²) < 4.78 is 0. The molecule has 1 N–H and O–H groups in total. The number of carbonyl (C=O) groups is 1. The topological polar surface area (TPSA) is 64.3 Å². The molecule has 0 saturated heterocycles. The number of anilines is 1. The summed E-state index contributed by atoms with van der Waals surface area (Å²) in [6.07, 6.45) is 0.213. The number of aromatic hydroxyl groups is 1. The van der Waals surface area contributed by atoms with Crippen LogP contribution in [0.25, 0.3) is 0 Å². The van der Waals surface area contributed by atoms with Crippen molar-refractivity contribution < 1.29 is 9.90 Å². The van der Waals surface area contributed by atoms with Gasteiger partial charge in [-0.3, -0.25) is 4.79 Å². The highest BCUT2D eigenvalue weighted by Gasteiger charge is 2.11. The monoisotopic (exact) mass is 266 g/mol. The van der Waals surface area contributed by atoms with Gasteiger partial charge in [0.05, 0.1) is 18.1 Å². The van der Waals surface area contributed by atoms with Crippen molar-refractivity contribution in [2.75, 3.05) is 11.9 Å². The van der Waals surface area contributed by atoms with Gasteiger partial charge in [0.25, 0.3) is 0 Å². The third-order valence-electron chi connectivity index (χ3n) is 3.02. The van der Waals surface area contributed by atoms with Crippen LogP contribution in [0.1, 0.15) is 11.1 Å². The molecule has 0 heterocycles. The van der Waals surface area contributed by atoms with Gasteiger partial charge >= 0.3 is 0 Å². The standard InChI is InChI=1S/C16H14N2O2/c1-18(14-7-5-12(11-17)6-8-14)16(20)10-13-3-2-4-15(19)9-13/h2-9,19H,10H2,1H3. The van der Waals surface area contributed by atoms with Crippen molar-refractivity contribution in [1.82, 2.24) is 0 Å². The molecule has 4 nitrogen and oxygen atoms in total. The number of phenolic OH excluding ortho intramolecular Hbond substituents is 1. The van der Waals surface area contributed by atoms with Crippen molar-refractivity contribution in [1.29, 1.82) is 5.26 Å². The highest BCUT2D eigenvalue weighted by molar-refractivity contribution is 5.94. The minimum absolute atomic E-state index is 0.0830. The molecule has 0 radical (unpaired) electrons. The second-order valence-electron chi connectivity index (χ2n) is 4.46. The number of nitriles is 1. The quantitative estimate of drug-likeness (QED) is 0.928. The van der Waals surface area contributed by atoms with Crippen LogP contribution >= 0.6 is 0 Å². The Morgan fingerprint density at radius 3 is 2.55 bits per heavy atom. The molecule has 1 amide bonds. The molecule has 2 rings (SSSR count). The molecule has 2 aromatic carbocycles. The molecule has 20 heavy (non-hydrogen) atoms. The second-order valence-corrected chi connectivity index (χ2v) is 4.46. The summed E-state index contributed by atoms with van der Waals surface area (Å²) in [4.78, 5) is 13.7. The fourth-order valence-electron chi connectivity index (χ4n) is 1.86. The maximum Gasteiger partial charge on any atom is 0.231 e. The van der Waals surface area contributed by atoms with Gasteiger partial charge in [-0.2, -0.15) is 5.26 Å². The lowest BCUT2D eigenvalue weighted by Crippen LogP contribution is -2.27. The molecule has 0 bridgehead atoms. The fourth-order valence-corrected chi connectivity index (χ4v) is 1.86. The minimum atomic E-state index is -0.0830. The van der Waals surface area contributed by atoms with Gasteiger partial charge < -0.3 is 10.0 Å². The Morgan fingerprint density at radius 2 is 1.95 bits per heavy atom. The van der Waals surface area contributed by atoms with Gasteiger partial charge in [0.15, 0.2) is 0 Å². The summed E-state index contributed by atoms with van der Waals surface area (Å²) in [5, 5.41) is 18.1. The summed E-state index contributed by atoms with van der Waals surface area (Å²) in [7, 11) is 1.69. The molecule has 2 aromatic rings. The number of benzene rings is 2. The first-order valence-corrected chi connectivity index (χ1v) is 6.15. The van der Waals surface area contributed by atoms with Gasteiger partial charge in [-0.1, -0.05) is 12.1 Å². The van der Waals surface area contributed by atoms with Crippen LogP contribution in [0.5, 0.6) is 5.75 Å². The van der Waals surface area contributed by atoms with Crippen LogP contribution in [0, 0.1) is 11.3 Å². The lowest BCUT2D eigenvalue weighted by molar-refractivity contribution is -0.117. The van der Waals surface area contributed by atoms with Crippen molar-refractivity contribution in [2.24, 2.45) is 0 Å². The normalized spacial score (nSPS) is 9.80. The van der Waals surface area contributed by atoms with Crippen molar-refractivity contribution in [3.63, 3.8) is 0 Å². The van der Waals surface area contributed by atoms with Crippen LogP contribution in [-0.2, 0) is 11.2 Å². The van der Waals surface area contributed by atoms with E-state index >= 15 is 0 Å². The van der Waals surface area contributed by atoms with E-state index in [2.05, 4.69) is 0 Å². The zero-order valence-electron chi connectivity index (χ0n) is 11.1. The number of carbonyl (C=O) groups excluding carboxylic acids is 1. The molecular weight excluding hydrogens is 252 g/mol. The van der Waals surface area contributed by atoms with Gasteiger partial charge in [0, 0.05) is 12.7 Å². The first kappa shape index (κ1) is 13.6. The van der Waals surface area contributed by atoms with Gasteiger partial charge in [0.2, 0.25) is 5.91 Å². The zero-order valence-corrected chi connectivity index (χ0v) is 11.1. The average Bonchev–Trinajstić information content (AvgIpc) is 2.46. The van der Waals surface area contributed by atoms with E-state index in [1.807, 2.05) is 6.07 Å². The molecule has 0 aliphatic rings. The largest absolute Gasteiger partial charge is 0.508 e. The fraction of sp³-hybridized carbons (Fsp3) is 0.125. The van der Waals surface area contributed by atoms with Crippen molar-refractivity contribution in [3.05, 3.63) is 59.7 Å². The second kappa shape index (κ2) is 5.89. The predicted molar refractivity (Wildman–Crippen MR) is 76.4 cm³/mol. The summed E-state index contributed by atoms with van der Waals surface area (Å²) >= 11 is 0. The van der Waals surface area contributed by atoms with Gasteiger partial charge in [-0.05, 0) is 42.0 Å². The first-order chi connectivity index (χ1) is 9.60.